The van der Waals surface area contributed by atoms with Crippen molar-refractivity contribution in [1.82, 2.24) is 0 Å². The molecule has 0 bridgehead atoms. The molecule has 7 heavy (non-hydrogen) atoms. The largest absolute Gasteiger partial charge is 0.110 e. The molecule has 0 aromatic rings. The Morgan fingerprint density at radius 1 is 1.86 bits per heavy atom. The zero-order valence-corrected chi connectivity index (χ0v) is 5.42. The minimum absolute atomic E-state index is 0.724. The molecule has 0 heterocycles. The average molecular weight is 117 g/mol. The van der Waals surface area contributed by atoms with E-state index in [9.17, 15) is 0 Å². The number of hydrogen-bond donors (Lipinski definition) is 0. The van der Waals surface area contributed by atoms with Gasteiger partial charge < -0.3 is 0 Å². The van der Waals surface area contributed by atoms with Crippen LogP contribution in [0.25, 0.3) is 0 Å². The van der Waals surface area contributed by atoms with Crippen LogP contribution in [0.15, 0.2) is 16.8 Å². The number of halogens is 1. The Bertz CT molecular complexity index is 92.7. The van der Waals surface area contributed by atoms with Gasteiger partial charge in [0, 0.05) is 0 Å². The van der Waals surface area contributed by atoms with Crippen LogP contribution in [0.1, 0.15) is 20.3 Å². The van der Waals surface area contributed by atoms with E-state index in [0.29, 0.717) is 0 Å². The highest BCUT2D eigenvalue weighted by Crippen LogP contribution is 1.93. The van der Waals surface area contributed by atoms with Gasteiger partial charge in [0.05, 0.1) is 5.03 Å². The van der Waals surface area contributed by atoms with Crippen molar-refractivity contribution in [3.8, 4) is 0 Å². The lowest BCUT2D eigenvalue weighted by Gasteiger charge is -1.70. The molecule has 0 N–H and O–H groups in total. The fraction of sp³-hybridized carbons (Fsp3) is 0.500. The molecule has 0 aromatic heterocycles. The molecule has 0 unspecified atom stereocenters. The van der Waals surface area contributed by atoms with Gasteiger partial charge in [0.2, 0.25) is 0 Å². The lowest BCUT2D eigenvalue weighted by Crippen LogP contribution is -1.49. The summed E-state index contributed by atoms with van der Waals surface area (Å²) in [6.07, 6.45) is 2.91. The second kappa shape index (κ2) is 3.98. The SMILES string of the molecule is CCC=C=C(C)Cl. The van der Waals surface area contributed by atoms with Gasteiger partial charge in [0.1, 0.15) is 0 Å². The van der Waals surface area contributed by atoms with Crippen LogP contribution < -0.4 is 0 Å². The Hall–Kier alpha value is -0.190. The molecule has 0 aliphatic carbocycles. The number of allylic oxidation sites excluding steroid dienone is 1. The smallest absolute Gasteiger partial charge is 0.0563 e. The average Bonchev–Trinajstić information content (AvgIpc) is 1.61. The van der Waals surface area contributed by atoms with Gasteiger partial charge in [0.15, 0.2) is 0 Å². The van der Waals surface area contributed by atoms with Crippen LogP contribution in [0.4, 0.5) is 0 Å². The molecule has 40 valence electrons. The summed E-state index contributed by atoms with van der Waals surface area (Å²) in [7, 11) is 0. The first-order valence-electron chi connectivity index (χ1n) is 2.34. The standard InChI is InChI=1S/C6H9Cl/c1-3-4-5-6(2)7/h4H,3H2,1-2H3. The molecule has 0 nitrogen and oxygen atoms in total. The van der Waals surface area contributed by atoms with Gasteiger partial charge in [-0.15, -0.1) is 5.73 Å². The highest BCUT2D eigenvalue weighted by molar-refractivity contribution is 6.29. The molecule has 0 radical (unpaired) electrons. The molecular formula is C6H9Cl. The van der Waals surface area contributed by atoms with Crippen molar-refractivity contribution in [2.24, 2.45) is 0 Å². The highest BCUT2D eigenvalue weighted by Gasteiger charge is 1.66. The first kappa shape index (κ1) is 6.81. The van der Waals surface area contributed by atoms with Crippen LogP contribution in [0, 0.1) is 0 Å². The highest BCUT2D eigenvalue weighted by atomic mass is 35.5. The van der Waals surface area contributed by atoms with Gasteiger partial charge in [0.25, 0.3) is 0 Å². The van der Waals surface area contributed by atoms with Crippen molar-refractivity contribution >= 4 is 11.6 Å². The Morgan fingerprint density at radius 3 is 2.57 bits per heavy atom. The number of hydrogen-bond acceptors (Lipinski definition) is 0. The minimum atomic E-state index is 0.724. The summed E-state index contributed by atoms with van der Waals surface area (Å²) in [5, 5.41) is 0.724. The fourth-order valence-corrected chi connectivity index (χ4v) is 0.320. The van der Waals surface area contributed by atoms with E-state index in [2.05, 4.69) is 5.73 Å². The predicted molar refractivity (Wildman–Crippen MR) is 33.4 cm³/mol. The lowest BCUT2D eigenvalue weighted by molar-refractivity contribution is 1.23. The van der Waals surface area contributed by atoms with E-state index in [0.717, 1.165) is 11.5 Å². The maximum absolute atomic E-state index is 5.43. The summed E-state index contributed by atoms with van der Waals surface area (Å²) in [5.41, 5.74) is 2.85. The topological polar surface area (TPSA) is 0 Å². The van der Waals surface area contributed by atoms with Crippen molar-refractivity contribution < 1.29 is 0 Å². The maximum atomic E-state index is 5.43. The van der Waals surface area contributed by atoms with Crippen molar-refractivity contribution in [2.45, 2.75) is 20.3 Å². The summed E-state index contributed by atoms with van der Waals surface area (Å²) in [5.74, 6) is 0. The summed E-state index contributed by atoms with van der Waals surface area (Å²) >= 11 is 5.43. The van der Waals surface area contributed by atoms with Gasteiger partial charge in [-0.25, -0.2) is 0 Å². The van der Waals surface area contributed by atoms with E-state index in [4.69, 9.17) is 11.6 Å². The third kappa shape index (κ3) is 5.81. The fourth-order valence-electron chi connectivity index (χ4n) is 0.243. The molecule has 0 aromatic carbocycles. The molecule has 0 saturated carbocycles. The van der Waals surface area contributed by atoms with Gasteiger partial charge in [-0.05, 0) is 19.4 Å². The molecule has 0 amide bonds. The third-order valence-corrected chi connectivity index (χ3v) is 0.614. The lowest BCUT2D eigenvalue weighted by atomic mass is 10.4. The first-order valence-corrected chi connectivity index (χ1v) is 2.72. The van der Waals surface area contributed by atoms with Crippen LogP contribution in [0.3, 0.4) is 0 Å². The van der Waals surface area contributed by atoms with E-state index in [1.54, 1.807) is 0 Å². The molecule has 0 fully saturated rings. The molecule has 0 aliphatic rings. The quantitative estimate of drug-likeness (QED) is 0.462. The summed E-state index contributed by atoms with van der Waals surface area (Å²) in [6, 6.07) is 0. The third-order valence-electron chi connectivity index (χ3n) is 0.505. The number of rotatable bonds is 1. The Balaban J connectivity index is 3.62. The monoisotopic (exact) mass is 116 g/mol. The molecule has 0 saturated heterocycles. The van der Waals surface area contributed by atoms with Gasteiger partial charge in [-0.2, -0.15) is 0 Å². The van der Waals surface area contributed by atoms with Crippen LogP contribution in [-0.4, -0.2) is 0 Å². The Morgan fingerprint density at radius 2 is 2.43 bits per heavy atom. The molecule has 0 aliphatic heterocycles. The zero-order chi connectivity index (χ0) is 5.70. The van der Waals surface area contributed by atoms with Crippen LogP contribution in [0.2, 0.25) is 0 Å². The van der Waals surface area contributed by atoms with Crippen LogP contribution in [-0.2, 0) is 0 Å². The van der Waals surface area contributed by atoms with Crippen LogP contribution in [0.5, 0.6) is 0 Å². The first-order chi connectivity index (χ1) is 3.27. The maximum Gasteiger partial charge on any atom is 0.0563 e. The van der Waals surface area contributed by atoms with E-state index in [1.807, 2.05) is 19.9 Å². The second-order valence-electron chi connectivity index (χ2n) is 1.29. The Kier molecular flexibility index (Phi) is 3.87. The normalized spacial score (nSPS) is 7.29. The Labute approximate surface area is 49.5 Å². The zero-order valence-electron chi connectivity index (χ0n) is 4.66. The van der Waals surface area contributed by atoms with Gasteiger partial charge in [-0.1, -0.05) is 18.5 Å². The van der Waals surface area contributed by atoms with Crippen LogP contribution >= 0.6 is 11.6 Å². The molecule has 0 spiro atoms. The van der Waals surface area contributed by atoms with Crippen molar-refractivity contribution in [2.75, 3.05) is 0 Å². The van der Waals surface area contributed by atoms with Crippen molar-refractivity contribution in [3.63, 3.8) is 0 Å². The van der Waals surface area contributed by atoms with E-state index in [1.165, 1.54) is 0 Å². The van der Waals surface area contributed by atoms with Crippen molar-refractivity contribution in [1.29, 1.82) is 0 Å². The summed E-state index contributed by atoms with van der Waals surface area (Å²) < 4.78 is 0. The van der Waals surface area contributed by atoms with Crippen molar-refractivity contribution in [3.05, 3.63) is 16.8 Å². The van der Waals surface area contributed by atoms with E-state index < -0.39 is 0 Å². The second-order valence-corrected chi connectivity index (χ2v) is 1.86. The predicted octanol–water partition coefficient (Wildman–Crippen LogP) is 2.69. The minimum Gasteiger partial charge on any atom is -0.110 e. The van der Waals surface area contributed by atoms with Gasteiger partial charge in [-0.3, -0.25) is 0 Å². The summed E-state index contributed by atoms with van der Waals surface area (Å²) in [4.78, 5) is 0. The van der Waals surface area contributed by atoms with Gasteiger partial charge >= 0.3 is 0 Å². The molecule has 0 rings (SSSR count). The summed E-state index contributed by atoms with van der Waals surface area (Å²) in [6.45, 7) is 3.86. The molecule has 0 atom stereocenters. The van der Waals surface area contributed by atoms with E-state index >= 15 is 0 Å². The molecular weight excluding hydrogens is 108 g/mol. The van der Waals surface area contributed by atoms with E-state index in [-0.39, 0.29) is 0 Å². The molecule has 1 heteroatoms.